The fourth-order valence-corrected chi connectivity index (χ4v) is 3.09. The van der Waals surface area contributed by atoms with Gasteiger partial charge in [0.25, 0.3) is 5.56 Å². The van der Waals surface area contributed by atoms with Crippen LogP contribution in [0.2, 0.25) is 10.0 Å². The molecule has 2 heterocycles. The smallest absolute Gasteiger partial charge is 0.263 e. The molecule has 0 saturated carbocycles. The van der Waals surface area contributed by atoms with Gasteiger partial charge in [-0.1, -0.05) is 35.3 Å². The van der Waals surface area contributed by atoms with E-state index in [1.807, 2.05) is 39.8 Å². The topological polar surface area (TPSA) is 75.6 Å². The van der Waals surface area contributed by atoms with Crippen molar-refractivity contribution in [3.63, 3.8) is 0 Å². The molecule has 0 amide bonds. The standard InChI is InChI=1S/C17H19Cl2N5O/c1-9(10-6-5-7-12(18)13(10)19)21-16-22-14-11(15(25)23-16)8-20-24(14)17(2,3)4/h5-9H,1-4H3,(H2,21,22,23,25). The molecule has 25 heavy (non-hydrogen) atoms. The Kier molecular flexibility index (Phi) is 4.51. The van der Waals surface area contributed by atoms with Crippen molar-refractivity contribution in [1.82, 2.24) is 19.7 Å². The van der Waals surface area contributed by atoms with Crippen LogP contribution in [0.5, 0.6) is 0 Å². The lowest BCUT2D eigenvalue weighted by Gasteiger charge is -2.20. The Morgan fingerprint density at radius 1 is 1.28 bits per heavy atom. The first-order valence-electron chi connectivity index (χ1n) is 7.87. The maximum Gasteiger partial charge on any atom is 0.263 e. The van der Waals surface area contributed by atoms with Gasteiger partial charge < -0.3 is 5.32 Å². The van der Waals surface area contributed by atoms with Crippen LogP contribution in [-0.4, -0.2) is 19.7 Å². The molecule has 3 rings (SSSR count). The SMILES string of the molecule is CC(Nc1nc2c(cnn2C(C)(C)C)c(=O)[nH]1)c1cccc(Cl)c1Cl. The number of anilines is 1. The van der Waals surface area contributed by atoms with Gasteiger partial charge in [0, 0.05) is 0 Å². The van der Waals surface area contributed by atoms with E-state index >= 15 is 0 Å². The lowest BCUT2D eigenvalue weighted by Crippen LogP contribution is -2.24. The van der Waals surface area contributed by atoms with E-state index in [9.17, 15) is 4.79 Å². The molecule has 0 aliphatic heterocycles. The number of rotatable bonds is 3. The highest BCUT2D eigenvalue weighted by molar-refractivity contribution is 6.42. The number of aromatic amines is 1. The van der Waals surface area contributed by atoms with Gasteiger partial charge in [-0.3, -0.25) is 9.78 Å². The lowest BCUT2D eigenvalue weighted by atomic mass is 10.1. The number of hydrogen-bond acceptors (Lipinski definition) is 4. The summed E-state index contributed by atoms with van der Waals surface area (Å²) in [6.07, 6.45) is 1.54. The van der Waals surface area contributed by atoms with Crippen LogP contribution in [0.1, 0.15) is 39.3 Å². The summed E-state index contributed by atoms with van der Waals surface area (Å²) in [4.78, 5) is 19.6. The van der Waals surface area contributed by atoms with Crippen molar-refractivity contribution in [3.05, 3.63) is 50.4 Å². The van der Waals surface area contributed by atoms with Gasteiger partial charge in [0.2, 0.25) is 5.95 Å². The molecule has 0 fully saturated rings. The van der Waals surface area contributed by atoms with Crippen molar-refractivity contribution in [2.75, 3.05) is 5.32 Å². The van der Waals surface area contributed by atoms with Gasteiger partial charge in [-0.05, 0) is 39.3 Å². The molecule has 0 spiro atoms. The Morgan fingerprint density at radius 3 is 2.68 bits per heavy atom. The maximum atomic E-state index is 12.3. The molecule has 6 nitrogen and oxygen atoms in total. The minimum Gasteiger partial charge on any atom is -0.349 e. The van der Waals surface area contributed by atoms with E-state index in [0.29, 0.717) is 27.0 Å². The van der Waals surface area contributed by atoms with Crippen LogP contribution in [0.15, 0.2) is 29.2 Å². The number of halogens is 2. The molecule has 0 radical (unpaired) electrons. The van der Waals surface area contributed by atoms with Crippen LogP contribution in [0.3, 0.4) is 0 Å². The van der Waals surface area contributed by atoms with Gasteiger partial charge in [-0.2, -0.15) is 10.1 Å². The Morgan fingerprint density at radius 2 is 2.00 bits per heavy atom. The summed E-state index contributed by atoms with van der Waals surface area (Å²) in [6.45, 7) is 7.93. The van der Waals surface area contributed by atoms with Crippen molar-refractivity contribution in [3.8, 4) is 0 Å². The molecule has 1 unspecified atom stereocenters. The molecule has 0 saturated heterocycles. The summed E-state index contributed by atoms with van der Waals surface area (Å²) >= 11 is 12.3. The molecule has 1 atom stereocenters. The van der Waals surface area contributed by atoms with E-state index in [1.54, 1.807) is 10.7 Å². The highest BCUT2D eigenvalue weighted by atomic mass is 35.5. The molecular weight excluding hydrogens is 361 g/mol. The molecule has 2 aromatic heterocycles. The normalized spacial score (nSPS) is 13.2. The van der Waals surface area contributed by atoms with Crippen molar-refractivity contribution in [1.29, 1.82) is 0 Å². The Balaban J connectivity index is 2.02. The van der Waals surface area contributed by atoms with E-state index in [2.05, 4.69) is 20.4 Å². The second-order valence-corrected chi connectivity index (χ2v) is 7.67. The van der Waals surface area contributed by atoms with E-state index in [1.165, 1.54) is 6.20 Å². The summed E-state index contributed by atoms with van der Waals surface area (Å²) in [5.41, 5.74) is 0.818. The van der Waals surface area contributed by atoms with Crippen LogP contribution in [0, 0.1) is 0 Å². The number of nitrogens with zero attached hydrogens (tertiary/aromatic N) is 3. The number of benzene rings is 1. The molecule has 0 bridgehead atoms. The van der Waals surface area contributed by atoms with Gasteiger partial charge in [0.1, 0.15) is 5.39 Å². The van der Waals surface area contributed by atoms with Crippen LogP contribution in [0.4, 0.5) is 5.95 Å². The Bertz CT molecular complexity index is 987. The molecule has 8 heteroatoms. The van der Waals surface area contributed by atoms with Crippen LogP contribution >= 0.6 is 23.2 Å². The highest BCUT2D eigenvalue weighted by Gasteiger charge is 2.20. The van der Waals surface area contributed by atoms with Gasteiger partial charge >= 0.3 is 0 Å². The predicted octanol–water partition coefficient (Wildman–Crippen LogP) is 4.35. The Labute approximate surface area is 155 Å². The third kappa shape index (κ3) is 3.37. The van der Waals surface area contributed by atoms with Crippen LogP contribution < -0.4 is 10.9 Å². The third-order valence-electron chi connectivity index (χ3n) is 3.87. The monoisotopic (exact) mass is 379 g/mol. The molecule has 1 aromatic carbocycles. The van der Waals surface area contributed by atoms with Crippen molar-refractivity contribution >= 4 is 40.2 Å². The molecule has 0 aliphatic rings. The van der Waals surface area contributed by atoms with Gasteiger partial charge in [0.15, 0.2) is 5.65 Å². The molecule has 132 valence electrons. The highest BCUT2D eigenvalue weighted by Crippen LogP contribution is 2.31. The second-order valence-electron chi connectivity index (χ2n) is 6.89. The largest absolute Gasteiger partial charge is 0.349 e. The van der Waals surface area contributed by atoms with Gasteiger partial charge in [0.05, 0.1) is 27.8 Å². The average molecular weight is 380 g/mol. The minimum absolute atomic E-state index is 0.196. The summed E-state index contributed by atoms with van der Waals surface area (Å²) in [5, 5.41) is 8.89. The van der Waals surface area contributed by atoms with E-state index < -0.39 is 0 Å². The van der Waals surface area contributed by atoms with E-state index in [-0.39, 0.29) is 17.1 Å². The number of H-pyrrole nitrogens is 1. The maximum absolute atomic E-state index is 12.3. The first kappa shape index (κ1) is 17.8. The molecular formula is C17H19Cl2N5O. The molecule has 2 N–H and O–H groups in total. The lowest BCUT2D eigenvalue weighted by molar-refractivity contribution is 0.366. The number of hydrogen-bond donors (Lipinski definition) is 2. The first-order chi connectivity index (χ1) is 11.7. The second kappa shape index (κ2) is 6.35. The Hall–Kier alpha value is -2.05. The van der Waals surface area contributed by atoms with Gasteiger partial charge in [-0.15, -0.1) is 0 Å². The van der Waals surface area contributed by atoms with Crippen molar-refractivity contribution in [2.24, 2.45) is 0 Å². The zero-order chi connectivity index (χ0) is 18.4. The van der Waals surface area contributed by atoms with Crippen molar-refractivity contribution < 1.29 is 0 Å². The molecule has 0 aliphatic carbocycles. The van der Waals surface area contributed by atoms with Crippen LogP contribution in [0.25, 0.3) is 11.0 Å². The zero-order valence-electron chi connectivity index (χ0n) is 14.4. The summed E-state index contributed by atoms with van der Waals surface area (Å²) in [7, 11) is 0. The van der Waals surface area contributed by atoms with Crippen molar-refractivity contribution in [2.45, 2.75) is 39.3 Å². The van der Waals surface area contributed by atoms with E-state index in [0.717, 1.165) is 5.56 Å². The number of aromatic nitrogens is 4. The fourth-order valence-electron chi connectivity index (χ4n) is 2.62. The summed E-state index contributed by atoms with van der Waals surface area (Å²) in [5.74, 6) is 0.354. The predicted molar refractivity (Wildman–Crippen MR) is 102 cm³/mol. The third-order valence-corrected chi connectivity index (χ3v) is 4.71. The summed E-state index contributed by atoms with van der Waals surface area (Å²) < 4.78 is 1.74. The molecule has 3 aromatic rings. The first-order valence-corrected chi connectivity index (χ1v) is 8.63. The number of fused-ring (bicyclic) bond motifs is 1. The minimum atomic E-state index is -0.290. The average Bonchev–Trinajstić information content (AvgIpc) is 2.94. The quantitative estimate of drug-likeness (QED) is 0.708. The zero-order valence-corrected chi connectivity index (χ0v) is 15.9. The number of nitrogens with one attached hydrogen (secondary N) is 2. The summed E-state index contributed by atoms with van der Waals surface area (Å²) in [6, 6.07) is 5.24. The van der Waals surface area contributed by atoms with Crippen LogP contribution in [-0.2, 0) is 5.54 Å². The van der Waals surface area contributed by atoms with E-state index in [4.69, 9.17) is 23.2 Å². The van der Waals surface area contributed by atoms with Gasteiger partial charge in [-0.25, -0.2) is 4.68 Å². The fraction of sp³-hybridized carbons (Fsp3) is 0.353.